The van der Waals surface area contributed by atoms with Gasteiger partial charge in [-0.15, -0.1) is 0 Å². The van der Waals surface area contributed by atoms with E-state index < -0.39 is 29.2 Å². The summed E-state index contributed by atoms with van der Waals surface area (Å²) in [6, 6.07) is 3.07. The summed E-state index contributed by atoms with van der Waals surface area (Å²) in [7, 11) is 2.78. The highest BCUT2D eigenvalue weighted by Crippen LogP contribution is 2.44. The molecular weight excluding hydrogens is 308 g/mol. The summed E-state index contributed by atoms with van der Waals surface area (Å²) in [5.74, 6) is -0.911. The third kappa shape index (κ3) is 2.13. The number of esters is 1. The quantitative estimate of drug-likeness (QED) is 0.681. The molecule has 1 aromatic heterocycles. The lowest BCUT2D eigenvalue weighted by Gasteiger charge is -2.12. The molecule has 0 radical (unpaired) electrons. The Bertz CT molecular complexity index is 912. The first-order valence-electron chi connectivity index (χ1n) is 6.49. The Kier molecular flexibility index (Phi) is 3.32. The maximum atomic E-state index is 12.2. The number of aromatic amines is 2. The summed E-state index contributed by atoms with van der Waals surface area (Å²) in [6.07, 6.45) is -1.17. The molecule has 0 saturated carbocycles. The normalized spacial score (nSPS) is 15.9. The molecule has 23 heavy (non-hydrogen) atoms. The van der Waals surface area contributed by atoms with Gasteiger partial charge in [0.1, 0.15) is 11.1 Å². The van der Waals surface area contributed by atoms with Gasteiger partial charge >= 0.3 is 11.7 Å². The highest BCUT2D eigenvalue weighted by molar-refractivity contribution is 5.98. The van der Waals surface area contributed by atoms with Crippen molar-refractivity contribution >= 4 is 5.97 Å². The van der Waals surface area contributed by atoms with Crippen molar-refractivity contribution in [1.82, 2.24) is 9.97 Å². The Morgan fingerprint density at radius 1 is 1.13 bits per heavy atom. The molecule has 9 nitrogen and oxygen atoms in total. The van der Waals surface area contributed by atoms with Gasteiger partial charge in [0.25, 0.3) is 5.56 Å². The second-order valence-corrected chi connectivity index (χ2v) is 4.72. The fourth-order valence-electron chi connectivity index (χ4n) is 2.54. The SMILES string of the molecule is COc1ccc2c(c1OC)C(=O)OC2c1c(O)[nH]c(=O)[nH]c1=O. The van der Waals surface area contributed by atoms with E-state index in [2.05, 4.69) is 4.98 Å². The second-order valence-electron chi connectivity index (χ2n) is 4.72. The van der Waals surface area contributed by atoms with Gasteiger partial charge in [-0.2, -0.15) is 0 Å². The number of methoxy groups -OCH3 is 2. The lowest BCUT2D eigenvalue weighted by molar-refractivity contribution is 0.0447. The van der Waals surface area contributed by atoms with E-state index in [4.69, 9.17) is 14.2 Å². The van der Waals surface area contributed by atoms with Gasteiger partial charge in [-0.1, -0.05) is 6.07 Å². The lowest BCUT2D eigenvalue weighted by atomic mass is 9.99. The third-order valence-corrected chi connectivity index (χ3v) is 3.51. The van der Waals surface area contributed by atoms with Crippen LogP contribution < -0.4 is 20.7 Å². The molecular formula is C14H12N2O7. The summed E-state index contributed by atoms with van der Waals surface area (Å²) < 4.78 is 15.5. The highest BCUT2D eigenvalue weighted by Gasteiger charge is 2.39. The number of benzene rings is 1. The molecule has 0 bridgehead atoms. The zero-order chi connectivity index (χ0) is 16.7. The van der Waals surface area contributed by atoms with Crippen molar-refractivity contribution < 1.29 is 24.1 Å². The van der Waals surface area contributed by atoms with E-state index in [0.717, 1.165) is 0 Å². The summed E-state index contributed by atoms with van der Waals surface area (Å²) in [5, 5.41) is 9.85. The van der Waals surface area contributed by atoms with Gasteiger partial charge in [0.05, 0.1) is 14.2 Å². The van der Waals surface area contributed by atoms with E-state index in [-0.39, 0.29) is 16.9 Å². The third-order valence-electron chi connectivity index (χ3n) is 3.51. The van der Waals surface area contributed by atoms with Crippen LogP contribution in [0.15, 0.2) is 21.7 Å². The number of fused-ring (bicyclic) bond motifs is 1. The molecule has 1 atom stereocenters. The molecule has 2 heterocycles. The lowest BCUT2D eigenvalue weighted by Crippen LogP contribution is -2.27. The number of carbonyl (C=O) groups is 1. The minimum atomic E-state index is -1.17. The number of H-pyrrole nitrogens is 2. The number of cyclic esters (lactones) is 1. The van der Waals surface area contributed by atoms with Crippen LogP contribution in [0.1, 0.15) is 27.6 Å². The van der Waals surface area contributed by atoms with Crippen LogP contribution in [0.25, 0.3) is 0 Å². The number of carbonyl (C=O) groups excluding carboxylic acids is 1. The molecule has 0 spiro atoms. The first kappa shape index (κ1) is 14.7. The summed E-state index contributed by atoms with van der Waals surface area (Å²) in [6.45, 7) is 0. The molecule has 0 fully saturated rings. The smallest absolute Gasteiger partial charge is 0.343 e. The van der Waals surface area contributed by atoms with Crippen LogP contribution >= 0.6 is 0 Å². The number of hydrogen-bond acceptors (Lipinski definition) is 7. The van der Waals surface area contributed by atoms with E-state index in [1.165, 1.54) is 20.3 Å². The van der Waals surface area contributed by atoms with Crippen LogP contribution in [0.3, 0.4) is 0 Å². The molecule has 1 aliphatic rings. The van der Waals surface area contributed by atoms with E-state index in [1.54, 1.807) is 6.07 Å². The number of nitrogens with one attached hydrogen (secondary N) is 2. The number of ether oxygens (including phenoxy) is 3. The van der Waals surface area contributed by atoms with E-state index in [0.29, 0.717) is 11.3 Å². The first-order valence-corrected chi connectivity index (χ1v) is 6.49. The van der Waals surface area contributed by atoms with Gasteiger partial charge in [0.15, 0.2) is 17.6 Å². The molecule has 2 aromatic rings. The van der Waals surface area contributed by atoms with Crippen molar-refractivity contribution in [2.75, 3.05) is 14.2 Å². The van der Waals surface area contributed by atoms with Crippen molar-refractivity contribution in [1.29, 1.82) is 0 Å². The molecule has 1 aromatic carbocycles. The van der Waals surface area contributed by atoms with Gasteiger partial charge in [0.2, 0.25) is 5.88 Å². The fraction of sp³-hybridized carbons (Fsp3) is 0.214. The van der Waals surface area contributed by atoms with Crippen molar-refractivity contribution in [2.24, 2.45) is 0 Å². The standard InChI is InChI=1S/C14H12N2O7/c1-21-6-4-3-5-7(10(6)22-2)13(19)23-9(5)8-11(17)15-14(20)16-12(8)18/h3-4,9H,1-2H3,(H3,15,16,17,18,20). The maximum absolute atomic E-state index is 12.2. The molecule has 120 valence electrons. The molecule has 0 aliphatic carbocycles. The Balaban J connectivity index is 2.25. The van der Waals surface area contributed by atoms with Gasteiger partial charge in [-0.05, 0) is 6.07 Å². The van der Waals surface area contributed by atoms with Crippen molar-refractivity contribution in [3.63, 3.8) is 0 Å². The maximum Gasteiger partial charge on any atom is 0.343 e. The molecule has 9 heteroatoms. The predicted molar refractivity (Wildman–Crippen MR) is 76.2 cm³/mol. The van der Waals surface area contributed by atoms with Crippen molar-refractivity contribution in [3.8, 4) is 17.4 Å². The minimum Gasteiger partial charge on any atom is -0.494 e. The van der Waals surface area contributed by atoms with Crippen LogP contribution in [0, 0.1) is 0 Å². The van der Waals surface area contributed by atoms with Gasteiger partial charge in [-0.25, -0.2) is 9.59 Å². The van der Waals surface area contributed by atoms with Gasteiger partial charge < -0.3 is 19.3 Å². The zero-order valence-corrected chi connectivity index (χ0v) is 12.1. The number of rotatable bonds is 3. The first-order chi connectivity index (χ1) is 11.0. The Labute approximate surface area is 128 Å². The monoisotopic (exact) mass is 320 g/mol. The molecule has 1 unspecified atom stereocenters. The summed E-state index contributed by atoms with van der Waals surface area (Å²) in [4.78, 5) is 39.3. The number of aromatic nitrogens is 2. The van der Waals surface area contributed by atoms with Gasteiger partial charge in [-0.3, -0.25) is 14.8 Å². The largest absolute Gasteiger partial charge is 0.494 e. The fourth-order valence-corrected chi connectivity index (χ4v) is 2.54. The van der Waals surface area contributed by atoms with Crippen LogP contribution in [-0.4, -0.2) is 35.3 Å². The average molecular weight is 320 g/mol. The number of aromatic hydroxyl groups is 1. The molecule has 0 amide bonds. The summed E-state index contributed by atoms with van der Waals surface area (Å²) >= 11 is 0. The van der Waals surface area contributed by atoms with E-state index >= 15 is 0 Å². The highest BCUT2D eigenvalue weighted by atomic mass is 16.6. The average Bonchev–Trinajstić information content (AvgIpc) is 2.82. The van der Waals surface area contributed by atoms with E-state index in [9.17, 15) is 19.5 Å². The number of hydrogen-bond donors (Lipinski definition) is 3. The van der Waals surface area contributed by atoms with E-state index in [1.807, 2.05) is 4.98 Å². The Morgan fingerprint density at radius 2 is 1.87 bits per heavy atom. The molecule has 3 N–H and O–H groups in total. The Morgan fingerprint density at radius 3 is 2.48 bits per heavy atom. The summed E-state index contributed by atoms with van der Waals surface area (Å²) in [5.41, 5.74) is -1.58. The predicted octanol–water partition coefficient (Wildman–Crippen LogP) is 0.0458. The minimum absolute atomic E-state index is 0.0989. The molecule has 3 rings (SSSR count). The van der Waals surface area contributed by atoms with Crippen LogP contribution in [-0.2, 0) is 4.74 Å². The van der Waals surface area contributed by atoms with Crippen LogP contribution in [0.4, 0.5) is 0 Å². The van der Waals surface area contributed by atoms with Crippen LogP contribution in [0.2, 0.25) is 0 Å². The second kappa shape index (κ2) is 5.20. The van der Waals surface area contributed by atoms with Crippen molar-refractivity contribution in [2.45, 2.75) is 6.10 Å². The topological polar surface area (TPSA) is 131 Å². The molecule has 0 saturated heterocycles. The van der Waals surface area contributed by atoms with Crippen molar-refractivity contribution in [3.05, 3.63) is 49.7 Å². The molecule has 1 aliphatic heterocycles. The van der Waals surface area contributed by atoms with Gasteiger partial charge in [0, 0.05) is 5.56 Å². The van der Waals surface area contributed by atoms with Crippen LogP contribution in [0.5, 0.6) is 17.4 Å². The zero-order valence-electron chi connectivity index (χ0n) is 12.1. The Hall–Kier alpha value is -3.23.